The molecule has 0 N–H and O–H groups in total. The third kappa shape index (κ3) is 3.58. The lowest BCUT2D eigenvalue weighted by atomic mass is 10.0. The van der Waals surface area contributed by atoms with E-state index in [1.54, 1.807) is 12.1 Å². The number of carbonyl (C=O) groups is 2. The first-order valence-corrected chi connectivity index (χ1v) is 9.06. The number of piperazine rings is 1. The molecule has 1 saturated heterocycles. The first-order valence-electron chi connectivity index (χ1n) is 8.68. The van der Waals surface area contributed by atoms with Crippen molar-refractivity contribution < 1.29 is 9.59 Å². The second-order valence-electron chi connectivity index (χ2n) is 7.14. The van der Waals surface area contributed by atoms with Crippen LogP contribution in [0.15, 0.2) is 30.0 Å². The Bertz CT molecular complexity index is 704. The number of hydrogen-bond acceptors (Lipinski definition) is 4. The molecule has 1 aromatic carbocycles. The minimum absolute atomic E-state index is 0.173. The monoisotopic (exact) mass is 361 g/mol. The maximum absolute atomic E-state index is 13.0. The van der Waals surface area contributed by atoms with Crippen molar-refractivity contribution in [1.29, 1.82) is 0 Å². The van der Waals surface area contributed by atoms with E-state index in [-0.39, 0.29) is 17.7 Å². The van der Waals surface area contributed by atoms with Crippen molar-refractivity contribution in [3.63, 3.8) is 0 Å². The first kappa shape index (κ1) is 18.0. The van der Waals surface area contributed by atoms with E-state index in [1.807, 2.05) is 26.0 Å². The van der Waals surface area contributed by atoms with Crippen LogP contribution in [-0.2, 0) is 9.59 Å². The van der Waals surface area contributed by atoms with Gasteiger partial charge in [-0.2, -0.15) is 0 Å². The van der Waals surface area contributed by atoms with E-state index in [9.17, 15) is 9.59 Å². The van der Waals surface area contributed by atoms with E-state index in [0.29, 0.717) is 22.8 Å². The van der Waals surface area contributed by atoms with Gasteiger partial charge in [0.05, 0.1) is 5.57 Å². The quantitative estimate of drug-likeness (QED) is 0.772. The summed E-state index contributed by atoms with van der Waals surface area (Å²) in [7, 11) is 2.07. The topological polar surface area (TPSA) is 43.9 Å². The molecule has 0 spiro atoms. The van der Waals surface area contributed by atoms with Crippen LogP contribution in [0.2, 0.25) is 5.02 Å². The largest absolute Gasteiger partial charge is 0.364 e. The van der Waals surface area contributed by atoms with Crippen molar-refractivity contribution in [2.24, 2.45) is 5.92 Å². The van der Waals surface area contributed by atoms with Gasteiger partial charge in [-0.3, -0.25) is 14.5 Å². The molecule has 5 nitrogen and oxygen atoms in total. The summed E-state index contributed by atoms with van der Waals surface area (Å²) in [5, 5.41) is 0.612. The van der Waals surface area contributed by atoms with Crippen LogP contribution in [0, 0.1) is 5.92 Å². The van der Waals surface area contributed by atoms with Gasteiger partial charge in [0.1, 0.15) is 5.70 Å². The van der Waals surface area contributed by atoms with Crippen LogP contribution in [-0.4, -0.2) is 66.3 Å². The van der Waals surface area contributed by atoms with Gasteiger partial charge in [0, 0.05) is 37.7 Å². The molecule has 2 aliphatic rings. The predicted molar refractivity (Wildman–Crippen MR) is 99.0 cm³/mol. The van der Waals surface area contributed by atoms with Crippen molar-refractivity contribution in [3.05, 3.63) is 40.5 Å². The average molecular weight is 362 g/mol. The molecule has 0 bridgehead atoms. The van der Waals surface area contributed by atoms with Crippen LogP contribution >= 0.6 is 11.6 Å². The summed E-state index contributed by atoms with van der Waals surface area (Å²) in [5.41, 5.74) is 1.80. The van der Waals surface area contributed by atoms with Crippen LogP contribution in [0.3, 0.4) is 0 Å². The molecule has 0 aliphatic carbocycles. The summed E-state index contributed by atoms with van der Waals surface area (Å²) in [6, 6.07) is 7.15. The third-order valence-electron chi connectivity index (χ3n) is 4.64. The minimum Gasteiger partial charge on any atom is -0.364 e. The van der Waals surface area contributed by atoms with Crippen LogP contribution in [0.5, 0.6) is 0 Å². The molecule has 0 radical (unpaired) electrons. The fourth-order valence-corrected chi connectivity index (χ4v) is 3.42. The number of halogens is 1. The molecule has 2 aliphatic heterocycles. The zero-order valence-electron chi connectivity index (χ0n) is 15.0. The minimum atomic E-state index is -0.199. The number of likely N-dealkylation sites (N-methyl/N-ethyl adjacent to an activating group) is 1. The smallest absolute Gasteiger partial charge is 0.277 e. The van der Waals surface area contributed by atoms with Crippen molar-refractivity contribution in [2.45, 2.75) is 13.8 Å². The van der Waals surface area contributed by atoms with Crippen molar-refractivity contribution in [1.82, 2.24) is 14.7 Å². The predicted octanol–water partition coefficient (Wildman–Crippen LogP) is 2.32. The van der Waals surface area contributed by atoms with Gasteiger partial charge in [-0.15, -0.1) is 0 Å². The highest BCUT2D eigenvalue weighted by Crippen LogP contribution is 2.33. The lowest BCUT2D eigenvalue weighted by Gasteiger charge is -2.34. The highest BCUT2D eigenvalue weighted by Gasteiger charge is 2.42. The summed E-state index contributed by atoms with van der Waals surface area (Å²) in [5.74, 6) is -0.144. The molecule has 0 unspecified atom stereocenters. The average Bonchev–Trinajstić information content (AvgIpc) is 2.81. The maximum Gasteiger partial charge on any atom is 0.277 e. The molecule has 3 rings (SSSR count). The van der Waals surface area contributed by atoms with Gasteiger partial charge in [-0.05, 0) is 30.7 Å². The fraction of sp³-hybridized carbons (Fsp3) is 0.474. The first-order chi connectivity index (χ1) is 11.9. The molecule has 25 heavy (non-hydrogen) atoms. The van der Waals surface area contributed by atoms with Crippen LogP contribution in [0.25, 0.3) is 5.57 Å². The molecule has 134 valence electrons. The molecule has 0 aromatic heterocycles. The molecule has 0 saturated carbocycles. The summed E-state index contributed by atoms with van der Waals surface area (Å²) in [4.78, 5) is 31.8. The number of carbonyl (C=O) groups excluding carboxylic acids is 2. The lowest BCUT2D eigenvalue weighted by molar-refractivity contribution is -0.138. The van der Waals surface area contributed by atoms with Crippen LogP contribution in [0.1, 0.15) is 19.4 Å². The van der Waals surface area contributed by atoms with E-state index in [4.69, 9.17) is 11.6 Å². The van der Waals surface area contributed by atoms with E-state index in [0.717, 1.165) is 31.7 Å². The summed E-state index contributed by atoms with van der Waals surface area (Å²) in [6.07, 6.45) is 0. The Kier molecular flexibility index (Phi) is 5.16. The molecule has 1 fully saturated rings. The summed E-state index contributed by atoms with van der Waals surface area (Å²) >= 11 is 5.99. The molecule has 1 aromatic rings. The van der Waals surface area contributed by atoms with Gasteiger partial charge in [-0.1, -0.05) is 37.6 Å². The summed E-state index contributed by atoms with van der Waals surface area (Å²) < 4.78 is 0. The van der Waals surface area contributed by atoms with E-state index in [2.05, 4.69) is 16.8 Å². The molecule has 6 heteroatoms. The van der Waals surface area contributed by atoms with Crippen LogP contribution < -0.4 is 0 Å². The van der Waals surface area contributed by atoms with Gasteiger partial charge >= 0.3 is 0 Å². The Labute approximate surface area is 153 Å². The number of amides is 2. The van der Waals surface area contributed by atoms with Gasteiger partial charge in [0.15, 0.2) is 0 Å². The molecular formula is C19H24ClN3O2. The Morgan fingerprint density at radius 1 is 1.00 bits per heavy atom. The summed E-state index contributed by atoms with van der Waals surface area (Å²) in [6.45, 7) is 7.71. The third-order valence-corrected chi connectivity index (χ3v) is 4.90. The second kappa shape index (κ2) is 7.18. The SMILES string of the molecule is CC(C)CN1C(=O)C(c2ccc(Cl)cc2)=C(N2CCN(C)CC2)C1=O. The number of imide groups is 1. The standard InChI is InChI=1S/C19H24ClN3O2/c1-13(2)12-23-18(24)16(14-4-6-15(20)7-5-14)17(19(23)25)22-10-8-21(3)9-11-22/h4-7,13H,8-12H2,1-3H3. The van der Waals surface area contributed by atoms with Crippen molar-refractivity contribution in [3.8, 4) is 0 Å². The van der Waals surface area contributed by atoms with E-state index in [1.165, 1.54) is 4.90 Å². The van der Waals surface area contributed by atoms with E-state index < -0.39 is 0 Å². The number of nitrogens with zero attached hydrogens (tertiary/aromatic N) is 3. The number of rotatable bonds is 4. The molecule has 2 heterocycles. The number of hydrogen-bond donors (Lipinski definition) is 0. The lowest BCUT2D eigenvalue weighted by Crippen LogP contribution is -2.46. The van der Waals surface area contributed by atoms with Crippen molar-refractivity contribution >= 4 is 29.0 Å². The highest BCUT2D eigenvalue weighted by molar-refractivity contribution is 6.36. The Hall–Kier alpha value is -1.85. The zero-order valence-corrected chi connectivity index (χ0v) is 15.7. The normalized spacial score (nSPS) is 19.6. The molecular weight excluding hydrogens is 338 g/mol. The highest BCUT2D eigenvalue weighted by atomic mass is 35.5. The van der Waals surface area contributed by atoms with Gasteiger partial charge in [0.25, 0.3) is 11.8 Å². The molecule has 0 atom stereocenters. The maximum atomic E-state index is 13.0. The van der Waals surface area contributed by atoms with E-state index >= 15 is 0 Å². The van der Waals surface area contributed by atoms with Crippen molar-refractivity contribution in [2.75, 3.05) is 39.8 Å². The van der Waals surface area contributed by atoms with Gasteiger partial charge in [0.2, 0.25) is 0 Å². The number of benzene rings is 1. The Balaban J connectivity index is 2.02. The zero-order chi connectivity index (χ0) is 18.1. The van der Waals surface area contributed by atoms with Gasteiger partial charge in [-0.25, -0.2) is 0 Å². The Morgan fingerprint density at radius 3 is 2.16 bits per heavy atom. The molecule has 2 amide bonds. The van der Waals surface area contributed by atoms with Gasteiger partial charge < -0.3 is 9.80 Å². The second-order valence-corrected chi connectivity index (χ2v) is 7.57. The van der Waals surface area contributed by atoms with Crippen LogP contribution in [0.4, 0.5) is 0 Å². The fourth-order valence-electron chi connectivity index (χ4n) is 3.29. The Morgan fingerprint density at radius 2 is 1.60 bits per heavy atom.